The van der Waals surface area contributed by atoms with Gasteiger partial charge < -0.3 is 10.6 Å². The molecule has 0 amide bonds. The van der Waals surface area contributed by atoms with Crippen LogP contribution in [0.5, 0.6) is 0 Å². The maximum atomic E-state index is 6.10. The highest BCUT2D eigenvalue weighted by atomic mass is 15.2. The molecule has 2 heterocycles. The van der Waals surface area contributed by atoms with Crippen molar-refractivity contribution in [1.82, 2.24) is 4.98 Å². The lowest BCUT2D eigenvalue weighted by atomic mass is 9.99. The smallest absolute Gasteiger partial charge is 0.131 e. The largest absolute Gasteiger partial charge is 0.352 e. The van der Waals surface area contributed by atoms with Crippen molar-refractivity contribution in [2.45, 2.75) is 39.3 Å². The average molecular weight is 281 g/mol. The number of nitrogens with two attached hydrogens (primary N) is 1. The van der Waals surface area contributed by atoms with Gasteiger partial charge in [0, 0.05) is 25.3 Å². The number of aromatic nitrogens is 1. The molecule has 0 radical (unpaired) electrons. The van der Waals surface area contributed by atoms with Gasteiger partial charge in [0.1, 0.15) is 5.82 Å². The molecule has 1 aliphatic rings. The molecule has 0 saturated carbocycles. The minimum atomic E-state index is 0.0901. The van der Waals surface area contributed by atoms with E-state index in [-0.39, 0.29) is 6.04 Å². The highest BCUT2D eigenvalue weighted by molar-refractivity contribution is 5.50. The van der Waals surface area contributed by atoms with Crippen LogP contribution in [0.1, 0.15) is 41.6 Å². The van der Waals surface area contributed by atoms with Crippen LogP contribution in [-0.2, 0) is 13.0 Å². The Morgan fingerprint density at radius 3 is 2.76 bits per heavy atom. The fraction of sp³-hybridized carbons (Fsp3) is 0.389. The second-order valence-electron chi connectivity index (χ2n) is 5.86. The molecule has 0 unspecified atom stereocenters. The predicted molar refractivity (Wildman–Crippen MR) is 87.4 cm³/mol. The van der Waals surface area contributed by atoms with Crippen LogP contribution < -0.4 is 10.6 Å². The quantitative estimate of drug-likeness (QED) is 0.938. The van der Waals surface area contributed by atoms with Crippen molar-refractivity contribution in [3.63, 3.8) is 0 Å². The molecule has 110 valence electrons. The van der Waals surface area contributed by atoms with Crippen molar-refractivity contribution < 1.29 is 0 Å². The number of fused-ring (bicyclic) bond motifs is 1. The number of anilines is 1. The molecule has 3 heteroatoms. The van der Waals surface area contributed by atoms with Gasteiger partial charge in [0.2, 0.25) is 0 Å². The van der Waals surface area contributed by atoms with Crippen molar-refractivity contribution in [3.05, 3.63) is 58.8 Å². The molecule has 0 saturated heterocycles. The summed E-state index contributed by atoms with van der Waals surface area (Å²) in [6.07, 6.45) is 3.97. The maximum Gasteiger partial charge on any atom is 0.131 e. The molecule has 0 aliphatic carbocycles. The lowest BCUT2D eigenvalue weighted by molar-refractivity contribution is 0.687. The Hall–Kier alpha value is -1.87. The molecular formula is C18H23N3. The molecule has 1 aromatic heterocycles. The number of hydrogen-bond donors (Lipinski definition) is 1. The van der Waals surface area contributed by atoms with Crippen molar-refractivity contribution >= 4 is 5.82 Å². The topological polar surface area (TPSA) is 42.1 Å². The zero-order valence-electron chi connectivity index (χ0n) is 12.8. The minimum Gasteiger partial charge on any atom is -0.352 e. The summed E-state index contributed by atoms with van der Waals surface area (Å²) < 4.78 is 0. The molecule has 3 rings (SSSR count). The van der Waals surface area contributed by atoms with Crippen LogP contribution in [0.25, 0.3) is 0 Å². The number of aryl methyl sites for hydroxylation is 1. The van der Waals surface area contributed by atoms with Crippen LogP contribution in [0.15, 0.2) is 36.5 Å². The van der Waals surface area contributed by atoms with Gasteiger partial charge in [0.05, 0.1) is 0 Å². The zero-order valence-corrected chi connectivity index (χ0v) is 12.8. The summed E-state index contributed by atoms with van der Waals surface area (Å²) in [6.45, 7) is 6.22. The van der Waals surface area contributed by atoms with Crippen LogP contribution >= 0.6 is 0 Å². The number of pyridine rings is 1. The summed E-state index contributed by atoms with van der Waals surface area (Å²) in [5.41, 5.74) is 11.3. The van der Waals surface area contributed by atoms with Crippen molar-refractivity contribution in [2.75, 3.05) is 11.4 Å². The Bertz CT molecular complexity index is 636. The second-order valence-corrected chi connectivity index (χ2v) is 5.86. The summed E-state index contributed by atoms with van der Waals surface area (Å²) in [6, 6.07) is 11.0. The van der Waals surface area contributed by atoms with E-state index in [1.807, 2.05) is 6.20 Å². The van der Waals surface area contributed by atoms with Gasteiger partial charge in [-0.3, -0.25) is 0 Å². The van der Waals surface area contributed by atoms with Gasteiger partial charge in [-0.05, 0) is 48.1 Å². The molecule has 3 nitrogen and oxygen atoms in total. The molecule has 21 heavy (non-hydrogen) atoms. The maximum absolute atomic E-state index is 6.10. The Morgan fingerprint density at radius 1 is 1.29 bits per heavy atom. The van der Waals surface area contributed by atoms with Crippen LogP contribution in [0, 0.1) is 6.92 Å². The van der Waals surface area contributed by atoms with Gasteiger partial charge in [-0.25, -0.2) is 4.98 Å². The first-order chi connectivity index (χ1) is 10.2. The van der Waals surface area contributed by atoms with Crippen molar-refractivity contribution in [3.8, 4) is 0 Å². The first-order valence-corrected chi connectivity index (χ1v) is 7.73. The average Bonchev–Trinajstić information content (AvgIpc) is 2.53. The highest BCUT2D eigenvalue weighted by Crippen LogP contribution is 2.27. The number of hydrogen-bond acceptors (Lipinski definition) is 3. The standard InChI is InChI=1S/C18H23N3/c1-3-17(19)16-10-13(2)18(20-11-16)21-9-8-14-6-4-5-7-15(14)12-21/h4-7,10-11,17H,3,8-9,12,19H2,1-2H3/t17-/m0/s1. The Labute approximate surface area is 126 Å². The van der Waals surface area contributed by atoms with E-state index in [1.54, 1.807) is 0 Å². The summed E-state index contributed by atoms with van der Waals surface area (Å²) in [5, 5.41) is 0. The third kappa shape index (κ3) is 2.79. The summed E-state index contributed by atoms with van der Waals surface area (Å²) in [7, 11) is 0. The first kappa shape index (κ1) is 14.1. The van der Waals surface area contributed by atoms with E-state index >= 15 is 0 Å². The Balaban J connectivity index is 1.85. The van der Waals surface area contributed by atoms with Gasteiger partial charge >= 0.3 is 0 Å². The van der Waals surface area contributed by atoms with Crippen LogP contribution in [-0.4, -0.2) is 11.5 Å². The van der Waals surface area contributed by atoms with Crippen LogP contribution in [0.2, 0.25) is 0 Å². The van der Waals surface area contributed by atoms with E-state index in [4.69, 9.17) is 5.73 Å². The van der Waals surface area contributed by atoms with Crippen LogP contribution in [0.3, 0.4) is 0 Å². The number of benzene rings is 1. The normalized spacial score (nSPS) is 15.7. The SMILES string of the molecule is CC[C@H](N)c1cnc(N2CCc3ccccc3C2)c(C)c1. The highest BCUT2D eigenvalue weighted by Gasteiger charge is 2.19. The summed E-state index contributed by atoms with van der Waals surface area (Å²) in [5.74, 6) is 1.09. The van der Waals surface area contributed by atoms with E-state index in [0.717, 1.165) is 37.3 Å². The predicted octanol–water partition coefficient (Wildman–Crippen LogP) is 3.36. The molecular weight excluding hydrogens is 258 g/mol. The molecule has 0 bridgehead atoms. The lowest BCUT2D eigenvalue weighted by Gasteiger charge is -2.31. The van der Waals surface area contributed by atoms with E-state index < -0.39 is 0 Å². The van der Waals surface area contributed by atoms with Crippen molar-refractivity contribution in [2.24, 2.45) is 5.73 Å². The molecule has 0 fully saturated rings. The Kier molecular flexibility index (Phi) is 3.93. The lowest BCUT2D eigenvalue weighted by Crippen LogP contribution is -2.31. The van der Waals surface area contributed by atoms with Gasteiger partial charge in [0.25, 0.3) is 0 Å². The molecule has 0 spiro atoms. The monoisotopic (exact) mass is 281 g/mol. The van der Waals surface area contributed by atoms with Crippen molar-refractivity contribution in [1.29, 1.82) is 0 Å². The van der Waals surface area contributed by atoms with Gasteiger partial charge in [-0.2, -0.15) is 0 Å². The summed E-state index contributed by atoms with van der Waals surface area (Å²) in [4.78, 5) is 7.06. The zero-order chi connectivity index (χ0) is 14.8. The fourth-order valence-corrected chi connectivity index (χ4v) is 3.04. The fourth-order valence-electron chi connectivity index (χ4n) is 3.04. The van der Waals surface area contributed by atoms with E-state index in [0.29, 0.717) is 0 Å². The van der Waals surface area contributed by atoms with E-state index in [1.165, 1.54) is 16.7 Å². The van der Waals surface area contributed by atoms with Gasteiger partial charge in [0.15, 0.2) is 0 Å². The van der Waals surface area contributed by atoms with E-state index in [9.17, 15) is 0 Å². The van der Waals surface area contributed by atoms with Gasteiger partial charge in [-0.15, -0.1) is 0 Å². The second kappa shape index (κ2) is 5.86. The molecule has 2 aromatic rings. The third-order valence-corrected chi connectivity index (χ3v) is 4.37. The molecule has 1 atom stereocenters. The number of rotatable bonds is 3. The third-order valence-electron chi connectivity index (χ3n) is 4.37. The first-order valence-electron chi connectivity index (χ1n) is 7.73. The van der Waals surface area contributed by atoms with Crippen LogP contribution in [0.4, 0.5) is 5.82 Å². The number of nitrogens with zero attached hydrogens (tertiary/aromatic N) is 2. The molecule has 2 N–H and O–H groups in total. The minimum absolute atomic E-state index is 0.0901. The molecule has 1 aliphatic heterocycles. The Morgan fingerprint density at radius 2 is 2.05 bits per heavy atom. The van der Waals surface area contributed by atoms with E-state index in [2.05, 4.69) is 54.1 Å². The molecule has 1 aromatic carbocycles. The van der Waals surface area contributed by atoms with Gasteiger partial charge in [-0.1, -0.05) is 31.2 Å². The summed E-state index contributed by atoms with van der Waals surface area (Å²) >= 11 is 0.